The van der Waals surface area contributed by atoms with Crippen LogP contribution in [0.3, 0.4) is 0 Å². The van der Waals surface area contributed by atoms with Crippen molar-refractivity contribution < 1.29 is 9.53 Å². The van der Waals surface area contributed by atoms with Gasteiger partial charge in [0.2, 0.25) is 5.91 Å². The maximum atomic E-state index is 12.4. The molecule has 0 atom stereocenters. The number of nitrogens with one attached hydrogen (secondary N) is 1. The Kier molecular flexibility index (Phi) is 6.98. The summed E-state index contributed by atoms with van der Waals surface area (Å²) in [5.74, 6) is -0.121. The van der Waals surface area contributed by atoms with Crippen molar-refractivity contribution in [1.82, 2.24) is 10.2 Å². The Morgan fingerprint density at radius 3 is 2.46 bits per heavy atom. The summed E-state index contributed by atoms with van der Waals surface area (Å²) in [4.78, 5) is 14.9. The number of carbonyl (C=O) groups is 1. The molecule has 2 aliphatic heterocycles. The standard InChI is InChI=1S/C20H26Cl2N2O2/c21-17-5-4-6-18(22)16(17)7-8-19(25)23-15-20(9-13-26-14-10-20)24-11-2-1-3-12-24/h4-8H,1-3,9-15H2,(H,23,25). The molecule has 0 aromatic heterocycles. The third-order valence-corrected chi connectivity index (χ3v) is 6.10. The Morgan fingerprint density at radius 1 is 1.15 bits per heavy atom. The van der Waals surface area contributed by atoms with E-state index in [1.54, 1.807) is 24.3 Å². The van der Waals surface area contributed by atoms with Crippen molar-refractivity contribution in [2.75, 3.05) is 32.8 Å². The van der Waals surface area contributed by atoms with Crippen molar-refractivity contribution in [2.24, 2.45) is 0 Å². The molecule has 3 rings (SSSR count). The van der Waals surface area contributed by atoms with Gasteiger partial charge in [-0.1, -0.05) is 35.7 Å². The fourth-order valence-electron chi connectivity index (χ4n) is 3.86. The van der Waals surface area contributed by atoms with E-state index < -0.39 is 0 Å². The topological polar surface area (TPSA) is 41.6 Å². The monoisotopic (exact) mass is 396 g/mol. The molecule has 142 valence electrons. The van der Waals surface area contributed by atoms with Crippen molar-refractivity contribution in [3.63, 3.8) is 0 Å². The van der Waals surface area contributed by atoms with Gasteiger partial charge >= 0.3 is 0 Å². The van der Waals surface area contributed by atoms with Gasteiger partial charge in [-0.3, -0.25) is 9.69 Å². The number of carbonyl (C=O) groups excluding carboxylic acids is 1. The predicted octanol–water partition coefficient (Wildman–Crippen LogP) is 4.16. The third kappa shape index (κ3) is 4.80. The summed E-state index contributed by atoms with van der Waals surface area (Å²) in [5, 5.41) is 4.17. The Balaban J connectivity index is 1.63. The minimum Gasteiger partial charge on any atom is -0.381 e. The zero-order chi connectivity index (χ0) is 18.4. The first-order valence-corrected chi connectivity index (χ1v) is 10.1. The highest BCUT2D eigenvalue weighted by molar-refractivity contribution is 6.37. The molecule has 0 spiro atoms. The molecule has 26 heavy (non-hydrogen) atoms. The molecule has 1 aromatic carbocycles. The first-order valence-electron chi connectivity index (χ1n) is 9.33. The van der Waals surface area contributed by atoms with E-state index in [1.165, 1.54) is 25.3 Å². The largest absolute Gasteiger partial charge is 0.381 e. The van der Waals surface area contributed by atoms with Crippen molar-refractivity contribution >= 4 is 35.2 Å². The summed E-state index contributed by atoms with van der Waals surface area (Å²) in [7, 11) is 0. The highest BCUT2D eigenvalue weighted by Gasteiger charge is 2.38. The molecule has 1 amide bonds. The van der Waals surface area contributed by atoms with Gasteiger partial charge in [0, 0.05) is 47.0 Å². The molecule has 2 saturated heterocycles. The van der Waals surface area contributed by atoms with Gasteiger partial charge < -0.3 is 10.1 Å². The Labute approximate surface area is 165 Å². The Morgan fingerprint density at radius 2 is 1.81 bits per heavy atom. The van der Waals surface area contributed by atoms with Crippen LogP contribution < -0.4 is 5.32 Å². The van der Waals surface area contributed by atoms with Crippen LogP contribution >= 0.6 is 23.2 Å². The molecule has 0 aliphatic carbocycles. The predicted molar refractivity (Wildman–Crippen MR) is 107 cm³/mol. The molecule has 2 fully saturated rings. The van der Waals surface area contributed by atoms with Crippen molar-refractivity contribution in [3.8, 4) is 0 Å². The summed E-state index contributed by atoms with van der Waals surface area (Å²) in [6.45, 7) is 4.40. The molecule has 1 aromatic rings. The lowest BCUT2D eigenvalue weighted by molar-refractivity contribution is -0.118. The summed E-state index contributed by atoms with van der Waals surface area (Å²) in [5.41, 5.74) is 0.687. The quantitative estimate of drug-likeness (QED) is 0.759. The molecule has 2 heterocycles. The maximum absolute atomic E-state index is 12.4. The molecular weight excluding hydrogens is 371 g/mol. The number of hydrogen-bond donors (Lipinski definition) is 1. The smallest absolute Gasteiger partial charge is 0.244 e. The average Bonchev–Trinajstić information content (AvgIpc) is 2.67. The van der Waals surface area contributed by atoms with Crippen LogP contribution in [0.2, 0.25) is 10.0 Å². The van der Waals surface area contributed by atoms with Crippen LogP contribution in [0.4, 0.5) is 0 Å². The first kappa shape index (κ1) is 19.7. The lowest BCUT2D eigenvalue weighted by Crippen LogP contribution is -2.59. The van der Waals surface area contributed by atoms with Crippen LogP contribution in [0.25, 0.3) is 6.08 Å². The Hall–Kier alpha value is -1.07. The van der Waals surface area contributed by atoms with Gasteiger partial charge in [0.1, 0.15) is 0 Å². The molecule has 0 radical (unpaired) electrons. The molecule has 0 saturated carbocycles. The summed E-state index contributed by atoms with van der Waals surface area (Å²) in [6, 6.07) is 5.31. The number of benzene rings is 1. The normalized spacial score (nSPS) is 21.0. The van der Waals surface area contributed by atoms with Crippen molar-refractivity contribution in [3.05, 3.63) is 39.9 Å². The second-order valence-electron chi connectivity index (χ2n) is 7.07. The molecular formula is C20H26Cl2N2O2. The van der Waals surface area contributed by atoms with E-state index in [2.05, 4.69) is 10.2 Å². The van der Waals surface area contributed by atoms with E-state index in [0.717, 1.165) is 39.1 Å². The van der Waals surface area contributed by atoms with Gasteiger partial charge in [-0.05, 0) is 57.0 Å². The van der Waals surface area contributed by atoms with E-state index in [1.807, 2.05) is 0 Å². The highest BCUT2D eigenvalue weighted by atomic mass is 35.5. The molecule has 1 N–H and O–H groups in total. The first-order chi connectivity index (χ1) is 12.6. The van der Waals surface area contributed by atoms with Gasteiger partial charge in [-0.15, -0.1) is 0 Å². The van der Waals surface area contributed by atoms with Gasteiger partial charge in [0.05, 0.1) is 0 Å². The van der Waals surface area contributed by atoms with Crippen LogP contribution in [0.5, 0.6) is 0 Å². The van der Waals surface area contributed by atoms with Gasteiger partial charge in [0.25, 0.3) is 0 Å². The van der Waals surface area contributed by atoms with E-state index in [-0.39, 0.29) is 11.4 Å². The molecule has 0 unspecified atom stereocenters. The second kappa shape index (κ2) is 9.23. The summed E-state index contributed by atoms with van der Waals surface area (Å²) >= 11 is 12.3. The third-order valence-electron chi connectivity index (χ3n) is 5.44. The molecule has 6 heteroatoms. The van der Waals surface area contributed by atoms with E-state index in [0.29, 0.717) is 22.2 Å². The number of piperidine rings is 1. The fourth-order valence-corrected chi connectivity index (χ4v) is 4.39. The maximum Gasteiger partial charge on any atom is 0.244 e. The summed E-state index contributed by atoms with van der Waals surface area (Å²) in [6.07, 6.45) is 8.90. The molecule has 0 bridgehead atoms. The van der Waals surface area contributed by atoms with E-state index >= 15 is 0 Å². The number of ether oxygens (including phenoxy) is 1. The molecule has 4 nitrogen and oxygen atoms in total. The second-order valence-corrected chi connectivity index (χ2v) is 7.89. The van der Waals surface area contributed by atoms with Crippen LogP contribution in [0.1, 0.15) is 37.7 Å². The van der Waals surface area contributed by atoms with Gasteiger partial charge in [0.15, 0.2) is 0 Å². The zero-order valence-electron chi connectivity index (χ0n) is 15.0. The SMILES string of the molecule is O=C(C=Cc1c(Cl)cccc1Cl)NCC1(N2CCCCC2)CCOCC1. The summed E-state index contributed by atoms with van der Waals surface area (Å²) < 4.78 is 5.57. The number of hydrogen-bond acceptors (Lipinski definition) is 3. The molecule has 2 aliphatic rings. The number of amides is 1. The minimum absolute atomic E-state index is 0.0181. The van der Waals surface area contributed by atoms with Crippen LogP contribution in [-0.4, -0.2) is 49.2 Å². The van der Waals surface area contributed by atoms with Gasteiger partial charge in [-0.2, -0.15) is 0 Å². The van der Waals surface area contributed by atoms with Gasteiger partial charge in [-0.25, -0.2) is 0 Å². The van der Waals surface area contributed by atoms with Crippen LogP contribution in [0.15, 0.2) is 24.3 Å². The number of likely N-dealkylation sites (tertiary alicyclic amines) is 1. The van der Waals surface area contributed by atoms with E-state index in [4.69, 9.17) is 27.9 Å². The minimum atomic E-state index is -0.121. The van der Waals surface area contributed by atoms with Crippen LogP contribution in [-0.2, 0) is 9.53 Å². The van der Waals surface area contributed by atoms with Crippen LogP contribution in [0, 0.1) is 0 Å². The highest BCUT2D eigenvalue weighted by Crippen LogP contribution is 2.30. The Bertz CT molecular complexity index is 631. The number of nitrogens with zero attached hydrogens (tertiary/aromatic N) is 1. The van der Waals surface area contributed by atoms with Crippen molar-refractivity contribution in [2.45, 2.75) is 37.6 Å². The lowest BCUT2D eigenvalue weighted by Gasteiger charge is -2.48. The average molecular weight is 397 g/mol. The lowest BCUT2D eigenvalue weighted by atomic mass is 9.86. The van der Waals surface area contributed by atoms with Crippen molar-refractivity contribution in [1.29, 1.82) is 0 Å². The fraction of sp³-hybridized carbons (Fsp3) is 0.550. The van der Waals surface area contributed by atoms with E-state index in [9.17, 15) is 4.79 Å². The zero-order valence-corrected chi connectivity index (χ0v) is 16.5. The number of halogens is 2. The number of rotatable bonds is 5.